The smallest absolute Gasteiger partial charge is 0.258 e. The van der Waals surface area contributed by atoms with Gasteiger partial charge in [0.1, 0.15) is 22.0 Å². The Kier molecular flexibility index (Phi) is 5.56. The van der Waals surface area contributed by atoms with Gasteiger partial charge in [0.25, 0.3) is 5.91 Å². The quantitative estimate of drug-likeness (QED) is 0.811. The Bertz CT molecular complexity index is 624. The second-order valence-corrected chi connectivity index (χ2v) is 5.80. The number of hydrogen-bond acceptors (Lipinski definition) is 5. The lowest BCUT2D eigenvalue weighted by Gasteiger charge is -2.22. The van der Waals surface area contributed by atoms with E-state index in [1.165, 1.54) is 11.0 Å². The van der Waals surface area contributed by atoms with E-state index in [9.17, 15) is 18.3 Å². The molecule has 0 aliphatic heterocycles. The summed E-state index contributed by atoms with van der Waals surface area (Å²) >= 11 is 0. The standard InChI is InChI=1S/C13H20N2O5S/c1-4-15(5-2)13(17)12-10(20-6-3)7-9(16)8-11(12)21(14,18)19/h7-8,16H,4-6H2,1-3H3,(H2,14,18,19). The topological polar surface area (TPSA) is 110 Å². The molecule has 0 bridgehead atoms. The molecule has 3 N–H and O–H groups in total. The van der Waals surface area contributed by atoms with Crippen LogP contribution in [0.15, 0.2) is 17.0 Å². The number of phenols is 1. The number of primary sulfonamides is 1. The summed E-state index contributed by atoms with van der Waals surface area (Å²) in [6.45, 7) is 6.27. The van der Waals surface area contributed by atoms with Crippen molar-refractivity contribution in [3.8, 4) is 11.5 Å². The molecule has 0 fully saturated rings. The fourth-order valence-electron chi connectivity index (χ4n) is 1.95. The van der Waals surface area contributed by atoms with Crippen molar-refractivity contribution in [2.75, 3.05) is 19.7 Å². The maximum absolute atomic E-state index is 12.5. The molecule has 1 amide bonds. The number of carbonyl (C=O) groups is 1. The summed E-state index contributed by atoms with van der Waals surface area (Å²) in [4.78, 5) is 13.5. The molecule has 0 atom stereocenters. The van der Waals surface area contributed by atoms with Gasteiger partial charge in [-0.1, -0.05) is 0 Å². The molecule has 0 aliphatic rings. The van der Waals surface area contributed by atoms with Gasteiger partial charge in [-0.2, -0.15) is 0 Å². The molecule has 0 spiro atoms. The number of nitrogens with two attached hydrogens (primary N) is 1. The highest BCUT2D eigenvalue weighted by Crippen LogP contribution is 2.32. The van der Waals surface area contributed by atoms with E-state index < -0.39 is 20.8 Å². The van der Waals surface area contributed by atoms with Crippen LogP contribution in [0.3, 0.4) is 0 Å². The fourth-order valence-corrected chi connectivity index (χ4v) is 2.71. The predicted octanol–water partition coefficient (Wildman–Crippen LogP) is 0.920. The normalized spacial score (nSPS) is 11.2. The monoisotopic (exact) mass is 316 g/mol. The number of phenolic OH excluding ortho intramolecular Hbond substituents is 1. The molecule has 1 rings (SSSR count). The molecule has 1 aromatic carbocycles. The van der Waals surface area contributed by atoms with Gasteiger partial charge in [0.15, 0.2) is 0 Å². The first-order valence-corrected chi connectivity index (χ1v) is 8.12. The molecule has 0 radical (unpaired) electrons. The van der Waals surface area contributed by atoms with Crippen LogP contribution in [-0.4, -0.2) is 44.0 Å². The Morgan fingerprint density at radius 1 is 1.29 bits per heavy atom. The van der Waals surface area contributed by atoms with Crippen LogP contribution in [0.4, 0.5) is 0 Å². The van der Waals surface area contributed by atoms with Crippen molar-refractivity contribution in [2.24, 2.45) is 5.14 Å². The van der Waals surface area contributed by atoms with E-state index in [2.05, 4.69) is 0 Å². The SMILES string of the molecule is CCOc1cc(O)cc(S(N)(=O)=O)c1C(=O)N(CC)CC. The lowest BCUT2D eigenvalue weighted by Crippen LogP contribution is -2.32. The van der Waals surface area contributed by atoms with E-state index in [1.807, 2.05) is 0 Å². The third-order valence-electron chi connectivity index (χ3n) is 2.92. The largest absolute Gasteiger partial charge is 0.508 e. The second-order valence-electron chi connectivity index (χ2n) is 4.27. The molecule has 0 aliphatic carbocycles. The van der Waals surface area contributed by atoms with Crippen molar-refractivity contribution < 1.29 is 23.1 Å². The summed E-state index contributed by atoms with van der Waals surface area (Å²) in [6, 6.07) is 2.16. The number of benzene rings is 1. The van der Waals surface area contributed by atoms with Crippen LogP contribution in [0.2, 0.25) is 0 Å². The summed E-state index contributed by atoms with van der Waals surface area (Å²) in [6.07, 6.45) is 0. The van der Waals surface area contributed by atoms with Crippen molar-refractivity contribution in [1.29, 1.82) is 0 Å². The molecule has 0 saturated heterocycles. The minimum atomic E-state index is -4.18. The number of aromatic hydroxyl groups is 1. The third-order valence-corrected chi connectivity index (χ3v) is 3.86. The molecule has 8 heteroatoms. The van der Waals surface area contributed by atoms with E-state index in [-0.39, 0.29) is 23.7 Å². The van der Waals surface area contributed by atoms with Crippen LogP contribution in [0.5, 0.6) is 11.5 Å². The summed E-state index contributed by atoms with van der Waals surface area (Å²) in [5.74, 6) is -0.843. The highest BCUT2D eigenvalue weighted by Gasteiger charge is 2.27. The van der Waals surface area contributed by atoms with Gasteiger partial charge in [-0.3, -0.25) is 4.79 Å². The van der Waals surface area contributed by atoms with Gasteiger partial charge in [0.2, 0.25) is 10.0 Å². The molecule has 118 valence electrons. The van der Waals surface area contributed by atoms with Gasteiger partial charge < -0.3 is 14.7 Å². The first-order valence-electron chi connectivity index (χ1n) is 6.58. The van der Waals surface area contributed by atoms with Crippen LogP contribution < -0.4 is 9.88 Å². The second kappa shape index (κ2) is 6.77. The Labute approximate surface area is 124 Å². The highest BCUT2D eigenvalue weighted by atomic mass is 32.2. The van der Waals surface area contributed by atoms with E-state index in [0.29, 0.717) is 13.1 Å². The lowest BCUT2D eigenvalue weighted by molar-refractivity contribution is 0.0764. The molecule has 0 unspecified atom stereocenters. The molecular weight excluding hydrogens is 296 g/mol. The number of carbonyl (C=O) groups excluding carboxylic acids is 1. The lowest BCUT2D eigenvalue weighted by atomic mass is 10.1. The molecule has 0 aromatic heterocycles. The van der Waals surface area contributed by atoms with Crippen molar-refractivity contribution in [2.45, 2.75) is 25.7 Å². The number of hydrogen-bond donors (Lipinski definition) is 2. The minimum Gasteiger partial charge on any atom is -0.508 e. The van der Waals surface area contributed by atoms with Crippen molar-refractivity contribution >= 4 is 15.9 Å². The van der Waals surface area contributed by atoms with E-state index in [4.69, 9.17) is 9.88 Å². The maximum atomic E-state index is 12.5. The zero-order valence-electron chi connectivity index (χ0n) is 12.3. The van der Waals surface area contributed by atoms with Crippen LogP contribution >= 0.6 is 0 Å². The van der Waals surface area contributed by atoms with Gasteiger partial charge in [-0.25, -0.2) is 13.6 Å². The molecule has 0 heterocycles. The van der Waals surface area contributed by atoms with Gasteiger partial charge in [0, 0.05) is 25.2 Å². The third kappa shape index (κ3) is 3.85. The average Bonchev–Trinajstić information content (AvgIpc) is 2.38. The number of sulfonamides is 1. The summed E-state index contributed by atoms with van der Waals surface area (Å²) in [7, 11) is -4.18. The van der Waals surface area contributed by atoms with Crippen molar-refractivity contribution in [3.63, 3.8) is 0 Å². The van der Waals surface area contributed by atoms with E-state index in [1.54, 1.807) is 20.8 Å². The number of nitrogens with zero attached hydrogens (tertiary/aromatic N) is 1. The van der Waals surface area contributed by atoms with Gasteiger partial charge in [0.05, 0.1) is 6.61 Å². The number of rotatable bonds is 6. The minimum absolute atomic E-state index is 0.00146. The number of ether oxygens (including phenoxy) is 1. The first kappa shape index (κ1) is 17.3. The zero-order chi connectivity index (χ0) is 16.2. The molecular formula is C13H20N2O5S. The molecule has 1 aromatic rings. The van der Waals surface area contributed by atoms with Gasteiger partial charge in [-0.15, -0.1) is 0 Å². The van der Waals surface area contributed by atoms with Crippen LogP contribution in [0, 0.1) is 0 Å². The van der Waals surface area contributed by atoms with Crippen molar-refractivity contribution in [3.05, 3.63) is 17.7 Å². The van der Waals surface area contributed by atoms with Gasteiger partial charge >= 0.3 is 0 Å². The van der Waals surface area contributed by atoms with Crippen LogP contribution in [-0.2, 0) is 10.0 Å². The molecule has 21 heavy (non-hydrogen) atoms. The average molecular weight is 316 g/mol. The number of amides is 1. The Hall–Kier alpha value is -1.80. The molecule has 0 saturated carbocycles. The van der Waals surface area contributed by atoms with Gasteiger partial charge in [-0.05, 0) is 20.8 Å². The van der Waals surface area contributed by atoms with Crippen LogP contribution in [0.1, 0.15) is 31.1 Å². The van der Waals surface area contributed by atoms with Crippen LogP contribution in [0.25, 0.3) is 0 Å². The Morgan fingerprint density at radius 2 is 1.86 bits per heavy atom. The first-order chi connectivity index (χ1) is 9.76. The highest BCUT2D eigenvalue weighted by molar-refractivity contribution is 7.89. The Balaban J connectivity index is 3.62. The Morgan fingerprint density at radius 3 is 2.29 bits per heavy atom. The van der Waals surface area contributed by atoms with Crippen molar-refractivity contribution in [1.82, 2.24) is 4.90 Å². The summed E-state index contributed by atoms with van der Waals surface area (Å²) in [5, 5.41) is 14.8. The molecule has 7 nitrogen and oxygen atoms in total. The maximum Gasteiger partial charge on any atom is 0.258 e. The predicted molar refractivity (Wildman–Crippen MR) is 77.9 cm³/mol. The van der Waals surface area contributed by atoms with E-state index >= 15 is 0 Å². The fraction of sp³-hybridized carbons (Fsp3) is 0.462. The summed E-state index contributed by atoms with van der Waals surface area (Å²) in [5.41, 5.74) is -0.152. The summed E-state index contributed by atoms with van der Waals surface area (Å²) < 4.78 is 28.7. The van der Waals surface area contributed by atoms with E-state index in [0.717, 1.165) is 6.07 Å². The zero-order valence-corrected chi connectivity index (χ0v) is 13.1.